The molecule has 110 valence electrons. The first-order valence-electron chi connectivity index (χ1n) is 6.53. The minimum atomic E-state index is -0.232. The quantitative estimate of drug-likeness (QED) is 0.847. The fourth-order valence-electron chi connectivity index (χ4n) is 1.94. The van der Waals surface area contributed by atoms with Crippen LogP contribution in [0, 0.1) is 0 Å². The second kappa shape index (κ2) is 6.17. The Morgan fingerprint density at radius 1 is 1.14 bits per heavy atom. The average Bonchev–Trinajstić information content (AvgIpc) is 2.47. The van der Waals surface area contributed by atoms with Crippen molar-refractivity contribution < 1.29 is 9.53 Å². The summed E-state index contributed by atoms with van der Waals surface area (Å²) in [6.45, 7) is 0. The second-order valence-electron chi connectivity index (χ2n) is 4.86. The summed E-state index contributed by atoms with van der Waals surface area (Å²) in [7, 11) is 5.44. The number of benzene rings is 2. The van der Waals surface area contributed by atoms with Crippen LogP contribution >= 0.6 is 0 Å². The van der Waals surface area contributed by atoms with E-state index < -0.39 is 0 Å². The lowest BCUT2D eigenvalue weighted by Crippen LogP contribution is -2.14. The summed E-state index contributed by atoms with van der Waals surface area (Å²) in [4.78, 5) is 14.3. The number of carbonyl (C=O) groups excluding carboxylic acids is 1. The van der Waals surface area contributed by atoms with Gasteiger partial charge in [-0.15, -0.1) is 0 Å². The van der Waals surface area contributed by atoms with Gasteiger partial charge in [-0.05, 0) is 36.4 Å². The van der Waals surface area contributed by atoms with Gasteiger partial charge in [-0.25, -0.2) is 0 Å². The van der Waals surface area contributed by atoms with Crippen LogP contribution in [0.3, 0.4) is 0 Å². The van der Waals surface area contributed by atoms with Crippen molar-refractivity contribution in [3.8, 4) is 5.75 Å². The molecule has 0 saturated carbocycles. The number of carbonyl (C=O) groups is 1. The lowest BCUT2D eigenvalue weighted by Gasteiger charge is -2.13. The van der Waals surface area contributed by atoms with E-state index in [1.165, 1.54) is 7.11 Å². The first-order chi connectivity index (χ1) is 10.0. The van der Waals surface area contributed by atoms with Crippen molar-refractivity contribution >= 4 is 23.0 Å². The lowest BCUT2D eigenvalue weighted by molar-refractivity contribution is 0.102. The molecule has 0 heterocycles. The molecule has 3 N–H and O–H groups in total. The zero-order valence-corrected chi connectivity index (χ0v) is 12.4. The molecule has 0 aliphatic heterocycles. The Bertz CT molecular complexity index is 636. The zero-order valence-electron chi connectivity index (χ0n) is 12.4. The molecule has 0 spiro atoms. The summed E-state index contributed by atoms with van der Waals surface area (Å²) in [5, 5.41) is 2.84. The third-order valence-corrected chi connectivity index (χ3v) is 3.11. The summed E-state index contributed by atoms with van der Waals surface area (Å²) in [6.07, 6.45) is 0. The van der Waals surface area contributed by atoms with E-state index in [4.69, 9.17) is 10.5 Å². The van der Waals surface area contributed by atoms with Crippen LogP contribution in [-0.4, -0.2) is 27.1 Å². The average molecular weight is 285 g/mol. The highest BCUT2D eigenvalue weighted by molar-refractivity contribution is 6.06. The van der Waals surface area contributed by atoms with Gasteiger partial charge in [0.15, 0.2) is 0 Å². The molecule has 2 aromatic carbocycles. The van der Waals surface area contributed by atoms with Crippen molar-refractivity contribution in [1.82, 2.24) is 0 Å². The van der Waals surface area contributed by atoms with E-state index in [0.29, 0.717) is 17.0 Å². The summed E-state index contributed by atoms with van der Waals surface area (Å²) >= 11 is 0. The molecule has 0 unspecified atom stereocenters. The van der Waals surface area contributed by atoms with Gasteiger partial charge in [-0.2, -0.15) is 0 Å². The maximum atomic E-state index is 12.3. The van der Waals surface area contributed by atoms with Crippen LogP contribution in [0.15, 0.2) is 42.5 Å². The predicted octanol–water partition coefficient (Wildman–Crippen LogP) is 2.60. The number of ether oxygens (including phenoxy) is 1. The second-order valence-corrected chi connectivity index (χ2v) is 4.86. The van der Waals surface area contributed by atoms with Gasteiger partial charge < -0.3 is 20.7 Å². The molecule has 5 nitrogen and oxygen atoms in total. The number of nitrogens with two attached hydrogens (primary N) is 1. The number of hydrogen-bond donors (Lipinski definition) is 2. The first kappa shape index (κ1) is 14.7. The van der Waals surface area contributed by atoms with Crippen LogP contribution in [0.4, 0.5) is 17.1 Å². The van der Waals surface area contributed by atoms with Gasteiger partial charge >= 0.3 is 0 Å². The van der Waals surface area contributed by atoms with Gasteiger partial charge in [-0.3, -0.25) is 4.79 Å². The van der Waals surface area contributed by atoms with E-state index in [1.54, 1.807) is 18.2 Å². The van der Waals surface area contributed by atoms with Crippen LogP contribution in [0.25, 0.3) is 0 Å². The Hall–Kier alpha value is -2.69. The third kappa shape index (κ3) is 3.45. The zero-order chi connectivity index (χ0) is 15.4. The van der Waals surface area contributed by atoms with Crippen molar-refractivity contribution in [2.24, 2.45) is 0 Å². The van der Waals surface area contributed by atoms with E-state index in [1.807, 2.05) is 43.3 Å². The SMILES string of the molecule is COc1cc(N)ccc1C(=O)Nc1ccc(N(C)C)cc1. The standard InChI is InChI=1S/C16H19N3O2/c1-19(2)13-7-5-12(6-8-13)18-16(20)14-9-4-11(17)10-15(14)21-3/h4-10H,17H2,1-3H3,(H,18,20). The van der Waals surface area contributed by atoms with Crippen molar-refractivity contribution in [3.05, 3.63) is 48.0 Å². The molecule has 0 bridgehead atoms. The van der Waals surface area contributed by atoms with Gasteiger partial charge in [0.2, 0.25) is 0 Å². The van der Waals surface area contributed by atoms with E-state index in [9.17, 15) is 4.79 Å². The number of amides is 1. The lowest BCUT2D eigenvalue weighted by atomic mass is 10.1. The number of anilines is 3. The van der Waals surface area contributed by atoms with Gasteiger partial charge in [0.1, 0.15) is 5.75 Å². The number of hydrogen-bond acceptors (Lipinski definition) is 4. The normalized spacial score (nSPS) is 10.0. The Kier molecular flexibility index (Phi) is 4.33. The van der Waals surface area contributed by atoms with Crippen LogP contribution in [0.5, 0.6) is 5.75 Å². The molecule has 0 aliphatic carbocycles. The van der Waals surface area contributed by atoms with Crippen LogP contribution in [-0.2, 0) is 0 Å². The molecule has 0 aromatic heterocycles. The fraction of sp³-hybridized carbons (Fsp3) is 0.188. The topological polar surface area (TPSA) is 67.6 Å². The van der Waals surface area contributed by atoms with Crippen molar-refractivity contribution in [1.29, 1.82) is 0 Å². The summed E-state index contributed by atoms with van der Waals surface area (Å²) < 4.78 is 5.19. The molecule has 0 fully saturated rings. The highest BCUT2D eigenvalue weighted by Crippen LogP contribution is 2.23. The maximum Gasteiger partial charge on any atom is 0.259 e. The van der Waals surface area contributed by atoms with Crippen LogP contribution in [0.1, 0.15) is 10.4 Å². The smallest absolute Gasteiger partial charge is 0.259 e. The number of methoxy groups -OCH3 is 1. The van der Waals surface area contributed by atoms with Gasteiger partial charge in [-0.1, -0.05) is 0 Å². The number of rotatable bonds is 4. The number of nitrogens with one attached hydrogen (secondary N) is 1. The Morgan fingerprint density at radius 2 is 1.81 bits per heavy atom. The molecular formula is C16H19N3O2. The summed E-state index contributed by atoms with van der Waals surface area (Å²) in [6, 6.07) is 12.5. The molecule has 0 radical (unpaired) electrons. The van der Waals surface area contributed by atoms with Gasteiger partial charge in [0, 0.05) is 37.2 Å². The van der Waals surface area contributed by atoms with Crippen molar-refractivity contribution in [3.63, 3.8) is 0 Å². The first-order valence-corrected chi connectivity index (χ1v) is 6.53. The maximum absolute atomic E-state index is 12.3. The van der Waals surface area contributed by atoms with E-state index in [2.05, 4.69) is 5.32 Å². The van der Waals surface area contributed by atoms with Gasteiger partial charge in [0.05, 0.1) is 12.7 Å². The summed E-state index contributed by atoms with van der Waals surface area (Å²) in [5.41, 5.74) is 8.48. The molecule has 21 heavy (non-hydrogen) atoms. The fourth-order valence-corrected chi connectivity index (χ4v) is 1.94. The molecular weight excluding hydrogens is 266 g/mol. The van der Waals surface area contributed by atoms with E-state index >= 15 is 0 Å². The predicted molar refractivity (Wildman–Crippen MR) is 86.1 cm³/mol. The molecule has 2 rings (SSSR count). The number of nitrogens with zero attached hydrogens (tertiary/aromatic N) is 1. The monoisotopic (exact) mass is 285 g/mol. The highest BCUT2D eigenvalue weighted by atomic mass is 16.5. The van der Waals surface area contributed by atoms with Crippen LogP contribution < -0.4 is 20.7 Å². The Labute approximate surface area is 124 Å². The molecule has 2 aromatic rings. The molecule has 1 amide bonds. The third-order valence-electron chi connectivity index (χ3n) is 3.11. The molecule has 0 saturated heterocycles. The minimum absolute atomic E-state index is 0.232. The van der Waals surface area contributed by atoms with Crippen molar-refractivity contribution in [2.75, 3.05) is 37.2 Å². The summed E-state index contributed by atoms with van der Waals surface area (Å²) in [5.74, 6) is 0.224. The van der Waals surface area contributed by atoms with E-state index in [-0.39, 0.29) is 5.91 Å². The molecule has 5 heteroatoms. The molecule has 0 aliphatic rings. The van der Waals surface area contributed by atoms with E-state index in [0.717, 1.165) is 11.4 Å². The van der Waals surface area contributed by atoms with Gasteiger partial charge in [0.25, 0.3) is 5.91 Å². The molecule has 0 atom stereocenters. The largest absolute Gasteiger partial charge is 0.496 e. The van der Waals surface area contributed by atoms with Crippen molar-refractivity contribution in [2.45, 2.75) is 0 Å². The minimum Gasteiger partial charge on any atom is -0.496 e. The Balaban J connectivity index is 2.18. The highest BCUT2D eigenvalue weighted by Gasteiger charge is 2.12. The number of nitrogen functional groups attached to an aromatic ring is 1. The van der Waals surface area contributed by atoms with Crippen LogP contribution in [0.2, 0.25) is 0 Å². The Morgan fingerprint density at radius 3 is 2.38 bits per heavy atom.